The van der Waals surface area contributed by atoms with E-state index in [9.17, 15) is 0 Å². The van der Waals surface area contributed by atoms with E-state index in [1.165, 1.54) is 0 Å². The lowest BCUT2D eigenvalue weighted by Crippen LogP contribution is -2.38. The van der Waals surface area contributed by atoms with Gasteiger partial charge in [0, 0.05) is 31.1 Å². The molecule has 0 amide bonds. The molecule has 0 bridgehead atoms. The molecule has 5 heteroatoms. The summed E-state index contributed by atoms with van der Waals surface area (Å²) < 4.78 is 5.83. The van der Waals surface area contributed by atoms with Crippen molar-refractivity contribution >= 4 is 16.9 Å². The van der Waals surface area contributed by atoms with E-state index >= 15 is 0 Å². The molecule has 3 rings (SSSR count). The molecule has 0 fully saturated rings. The fourth-order valence-corrected chi connectivity index (χ4v) is 2.46. The highest BCUT2D eigenvalue weighted by atomic mass is 16.3. The molecule has 0 spiro atoms. The van der Waals surface area contributed by atoms with Crippen molar-refractivity contribution in [3.05, 3.63) is 66.2 Å². The summed E-state index contributed by atoms with van der Waals surface area (Å²) in [6, 6.07) is 16.0. The maximum atomic E-state index is 5.83. The molecule has 0 unspecified atom stereocenters. The second-order valence-corrected chi connectivity index (χ2v) is 5.44. The summed E-state index contributed by atoms with van der Waals surface area (Å²) in [5.41, 5.74) is 1.88. The molecule has 124 valence electrons. The lowest BCUT2D eigenvalue weighted by Gasteiger charge is -2.10. The van der Waals surface area contributed by atoms with Gasteiger partial charge in [-0.1, -0.05) is 24.3 Å². The topological polar surface area (TPSA) is 62.5 Å². The number of aliphatic imine (C=N–C) groups is 1. The molecule has 0 radical (unpaired) electrons. The quantitative estimate of drug-likeness (QED) is 0.541. The fourth-order valence-electron chi connectivity index (χ4n) is 2.46. The average Bonchev–Trinajstić information content (AvgIpc) is 3.03. The first-order valence-electron chi connectivity index (χ1n) is 8.24. The molecule has 0 saturated heterocycles. The van der Waals surface area contributed by atoms with E-state index in [2.05, 4.69) is 39.7 Å². The van der Waals surface area contributed by atoms with Crippen LogP contribution in [0.2, 0.25) is 0 Å². The van der Waals surface area contributed by atoms with E-state index in [0.717, 1.165) is 47.9 Å². The lowest BCUT2D eigenvalue weighted by atomic mass is 10.2. The van der Waals surface area contributed by atoms with Crippen LogP contribution in [0.15, 0.2) is 64.1 Å². The summed E-state index contributed by atoms with van der Waals surface area (Å²) in [6.07, 6.45) is 2.59. The summed E-state index contributed by atoms with van der Waals surface area (Å²) in [4.78, 5) is 8.84. The van der Waals surface area contributed by atoms with Gasteiger partial charge >= 0.3 is 0 Å². The van der Waals surface area contributed by atoms with Crippen LogP contribution >= 0.6 is 0 Å². The second-order valence-electron chi connectivity index (χ2n) is 5.44. The highest BCUT2D eigenvalue weighted by Crippen LogP contribution is 2.18. The van der Waals surface area contributed by atoms with Crippen LogP contribution in [-0.2, 0) is 13.0 Å². The minimum absolute atomic E-state index is 0.556. The molecule has 24 heavy (non-hydrogen) atoms. The Labute approximate surface area is 141 Å². The van der Waals surface area contributed by atoms with E-state index in [-0.39, 0.29) is 0 Å². The molecular weight excluding hydrogens is 300 g/mol. The molecule has 5 nitrogen and oxygen atoms in total. The molecule has 2 aromatic heterocycles. The molecule has 2 heterocycles. The molecular formula is C19H22N4O. The number of nitrogens with one attached hydrogen (secondary N) is 2. The number of guanidine groups is 1. The molecule has 2 N–H and O–H groups in total. The van der Waals surface area contributed by atoms with E-state index in [0.29, 0.717) is 6.54 Å². The average molecular weight is 322 g/mol. The zero-order valence-corrected chi connectivity index (χ0v) is 13.8. The first kappa shape index (κ1) is 16.1. The Morgan fingerprint density at radius 1 is 1.12 bits per heavy atom. The number of fused-ring (bicyclic) bond motifs is 1. The van der Waals surface area contributed by atoms with Gasteiger partial charge in [0.1, 0.15) is 11.3 Å². The van der Waals surface area contributed by atoms with Crippen molar-refractivity contribution in [3.63, 3.8) is 0 Å². The number of pyridine rings is 1. The standard InChI is InChI=1S/C19H22N4O/c1-2-20-19(23-14-16-8-5-6-11-21-16)22-12-10-17-13-15-7-3-4-9-18(15)24-17/h3-9,11,13H,2,10,12,14H2,1H3,(H2,20,22,23). The van der Waals surface area contributed by atoms with Crippen molar-refractivity contribution in [2.75, 3.05) is 13.1 Å². The van der Waals surface area contributed by atoms with Crippen LogP contribution in [0.3, 0.4) is 0 Å². The molecule has 0 saturated carbocycles. The zero-order valence-electron chi connectivity index (χ0n) is 13.8. The lowest BCUT2D eigenvalue weighted by molar-refractivity contribution is 0.544. The van der Waals surface area contributed by atoms with Crippen molar-refractivity contribution < 1.29 is 4.42 Å². The number of hydrogen-bond acceptors (Lipinski definition) is 3. The van der Waals surface area contributed by atoms with Gasteiger partial charge < -0.3 is 15.1 Å². The van der Waals surface area contributed by atoms with Gasteiger partial charge in [-0.3, -0.25) is 4.98 Å². The third-order valence-corrected chi connectivity index (χ3v) is 3.61. The first-order chi connectivity index (χ1) is 11.8. The summed E-state index contributed by atoms with van der Waals surface area (Å²) in [7, 11) is 0. The minimum atomic E-state index is 0.556. The third-order valence-electron chi connectivity index (χ3n) is 3.61. The van der Waals surface area contributed by atoms with Crippen LogP contribution in [-0.4, -0.2) is 24.0 Å². The van der Waals surface area contributed by atoms with E-state index in [4.69, 9.17) is 4.42 Å². The van der Waals surface area contributed by atoms with E-state index in [1.54, 1.807) is 6.20 Å². The summed E-state index contributed by atoms with van der Waals surface area (Å²) in [5, 5.41) is 7.72. The van der Waals surface area contributed by atoms with Crippen molar-refractivity contribution in [3.8, 4) is 0 Å². The van der Waals surface area contributed by atoms with Gasteiger partial charge in [0.05, 0.1) is 12.2 Å². The fraction of sp³-hybridized carbons (Fsp3) is 0.263. The number of aromatic nitrogens is 1. The minimum Gasteiger partial charge on any atom is -0.461 e. The van der Waals surface area contributed by atoms with Crippen molar-refractivity contribution in [1.82, 2.24) is 15.6 Å². The predicted molar refractivity (Wildman–Crippen MR) is 97.0 cm³/mol. The largest absolute Gasteiger partial charge is 0.461 e. The van der Waals surface area contributed by atoms with Crippen LogP contribution in [0.1, 0.15) is 18.4 Å². The Balaban J connectivity index is 1.55. The monoisotopic (exact) mass is 322 g/mol. The van der Waals surface area contributed by atoms with Gasteiger partial charge in [-0.25, -0.2) is 4.99 Å². The Hall–Kier alpha value is -2.82. The highest BCUT2D eigenvalue weighted by Gasteiger charge is 2.04. The Morgan fingerprint density at radius 2 is 2.00 bits per heavy atom. The van der Waals surface area contributed by atoms with E-state index in [1.807, 2.05) is 36.4 Å². The van der Waals surface area contributed by atoms with Gasteiger partial charge in [0.2, 0.25) is 0 Å². The maximum absolute atomic E-state index is 5.83. The molecule has 0 aliphatic heterocycles. The number of furan rings is 1. The first-order valence-corrected chi connectivity index (χ1v) is 8.24. The molecule has 0 atom stereocenters. The van der Waals surface area contributed by atoms with Gasteiger partial charge in [0.25, 0.3) is 0 Å². The van der Waals surface area contributed by atoms with E-state index < -0.39 is 0 Å². The van der Waals surface area contributed by atoms with Crippen molar-refractivity contribution in [1.29, 1.82) is 0 Å². The van der Waals surface area contributed by atoms with Crippen LogP contribution < -0.4 is 10.6 Å². The number of rotatable bonds is 6. The van der Waals surface area contributed by atoms with Crippen LogP contribution in [0, 0.1) is 0 Å². The SMILES string of the molecule is CCNC(=NCc1ccccn1)NCCc1cc2ccccc2o1. The van der Waals surface area contributed by atoms with Gasteiger partial charge in [0.15, 0.2) is 5.96 Å². The number of para-hydroxylation sites is 1. The molecule has 1 aromatic carbocycles. The normalized spacial score (nSPS) is 11.6. The predicted octanol–water partition coefficient (Wildman–Crippen LogP) is 3.13. The summed E-state index contributed by atoms with van der Waals surface area (Å²) >= 11 is 0. The van der Waals surface area contributed by atoms with Crippen molar-refractivity contribution in [2.45, 2.75) is 19.9 Å². The molecule has 0 aliphatic carbocycles. The number of hydrogen-bond donors (Lipinski definition) is 2. The second kappa shape index (κ2) is 8.15. The molecule has 0 aliphatic rings. The number of nitrogens with zero attached hydrogens (tertiary/aromatic N) is 2. The van der Waals surface area contributed by atoms with Gasteiger partial charge in [-0.2, -0.15) is 0 Å². The smallest absolute Gasteiger partial charge is 0.191 e. The summed E-state index contributed by atoms with van der Waals surface area (Å²) in [5.74, 6) is 1.77. The Kier molecular flexibility index (Phi) is 5.45. The summed E-state index contributed by atoms with van der Waals surface area (Å²) in [6.45, 7) is 4.19. The van der Waals surface area contributed by atoms with Crippen LogP contribution in [0.25, 0.3) is 11.0 Å². The van der Waals surface area contributed by atoms with Gasteiger partial charge in [-0.05, 0) is 31.2 Å². The van der Waals surface area contributed by atoms with Crippen LogP contribution in [0.4, 0.5) is 0 Å². The van der Waals surface area contributed by atoms with Crippen LogP contribution in [0.5, 0.6) is 0 Å². The van der Waals surface area contributed by atoms with Crippen molar-refractivity contribution in [2.24, 2.45) is 4.99 Å². The Bertz CT molecular complexity index is 762. The highest BCUT2D eigenvalue weighted by molar-refractivity contribution is 5.80. The Morgan fingerprint density at radius 3 is 2.79 bits per heavy atom. The number of benzene rings is 1. The molecule has 3 aromatic rings. The third kappa shape index (κ3) is 4.35. The zero-order chi connectivity index (χ0) is 16.6. The van der Waals surface area contributed by atoms with Gasteiger partial charge in [-0.15, -0.1) is 0 Å². The maximum Gasteiger partial charge on any atom is 0.191 e.